The van der Waals surface area contributed by atoms with E-state index in [-0.39, 0.29) is 0 Å². The van der Waals surface area contributed by atoms with Crippen molar-refractivity contribution in [3.8, 4) is 0 Å². The fourth-order valence-electron chi connectivity index (χ4n) is 2.47. The molecule has 0 aliphatic rings. The van der Waals surface area contributed by atoms with Crippen molar-refractivity contribution in [1.82, 2.24) is 29.8 Å². The molecule has 0 aromatic carbocycles. The van der Waals surface area contributed by atoms with Crippen LogP contribution < -0.4 is 0 Å². The SMILES string of the molecule is CCCCCCCc1nnc2c3cn[nH]c3[nH]c(=S)n12. The van der Waals surface area contributed by atoms with Crippen LogP contribution in [0.3, 0.4) is 0 Å². The number of hydrogen-bond donors (Lipinski definition) is 2. The Balaban J connectivity index is 1.87. The molecule has 0 aliphatic heterocycles. The molecular weight excluding hydrogens is 272 g/mol. The van der Waals surface area contributed by atoms with Gasteiger partial charge in [-0.15, -0.1) is 10.2 Å². The van der Waals surface area contributed by atoms with Gasteiger partial charge in [-0.2, -0.15) is 5.10 Å². The van der Waals surface area contributed by atoms with E-state index in [0.29, 0.717) is 4.77 Å². The second-order valence-corrected chi connectivity index (χ2v) is 5.41. The van der Waals surface area contributed by atoms with Crippen molar-refractivity contribution in [2.75, 3.05) is 0 Å². The number of aromatic nitrogens is 6. The summed E-state index contributed by atoms with van der Waals surface area (Å²) < 4.78 is 2.54. The molecule has 0 spiro atoms. The van der Waals surface area contributed by atoms with Crippen LogP contribution >= 0.6 is 12.2 Å². The number of rotatable bonds is 6. The molecule has 2 N–H and O–H groups in total. The third-order valence-corrected chi connectivity index (χ3v) is 3.83. The zero-order valence-corrected chi connectivity index (χ0v) is 12.3. The molecular formula is C13H18N6S. The molecule has 0 amide bonds. The quantitative estimate of drug-likeness (QED) is 0.540. The summed E-state index contributed by atoms with van der Waals surface area (Å²) in [4.78, 5) is 3.13. The van der Waals surface area contributed by atoms with E-state index in [1.54, 1.807) is 6.20 Å². The summed E-state index contributed by atoms with van der Waals surface area (Å²) in [6.07, 6.45) is 8.85. The van der Waals surface area contributed by atoms with Gasteiger partial charge in [0, 0.05) is 6.42 Å². The molecule has 3 rings (SSSR count). The molecule has 6 nitrogen and oxygen atoms in total. The van der Waals surface area contributed by atoms with Gasteiger partial charge in [-0.3, -0.25) is 9.50 Å². The molecule has 0 unspecified atom stereocenters. The Morgan fingerprint density at radius 2 is 2.05 bits per heavy atom. The molecule has 0 atom stereocenters. The van der Waals surface area contributed by atoms with Gasteiger partial charge in [0.15, 0.2) is 10.4 Å². The van der Waals surface area contributed by atoms with Gasteiger partial charge < -0.3 is 4.98 Å². The first-order valence-electron chi connectivity index (χ1n) is 7.10. The molecule has 3 aromatic heterocycles. The van der Waals surface area contributed by atoms with E-state index in [2.05, 4.69) is 32.3 Å². The first-order valence-corrected chi connectivity index (χ1v) is 7.51. The molecule has 106 valence electrons. The van der Waals surface area contributed by atoms with Crippen molar-refractivity contribution < 1.29 is 0 Å². The maximum atomic E-state index is 5.39. The number of aromatic amines is 2. The van der Waals surface area contributed by atoms with Gasteiger partial charge in [-0.05, 0) is 18.6 Å². The van der Waals surface area contributed by atoms with Crippen molar-refractivity contribution in [2.45, 2.75) is 45.4 Å². The number of H-pyrrole nitrogens is 2. The van der Waals surface area contributed by atoms with Crippen LogP contribution in [0.5, 0.6) is 0 Å². The predicted molar refractivity (Wildman–Crippen MR) is 80.3 cm³/mol. The molecule has 0 bridgehead atoms. The van der Waals surface area contributed by atoms with E-state index >= 15 is 0 Å². The maximum Gasteiger partial charge on any atom is 0.186 e. The van der Waals surface area contributed by atoms with Gasteiger partial charge in [-0.1, -0.05) is 32.6 Å². The molecule has 0 saturated heterocycles. The maximum absolute atomic E-state index is 5.39. The highest BCUT2D eigenvalue weighted by Crippen LogP contribution is 2.16. The van der Waals surface area contributed by atoms with Gasteiger partial charge in [0.05, 0.1) is 11.6 Å². The summed E-state index contributed by atoms with van der Waals surface area (Å²) in [5.74, 6) is 0.931. The molecule has 0 fully saturated rings. The van der Waals surface area contributed by atoms with E-state index in [0.717, 1.165) is 35.3 Å². The number of nitrogens with one attached hydrogen (secondary N) is 2. The molecule has 0 radical (unpaired) electrons. The van der Waals surface area contributed by atoms with E-state index in [9.17, 15) is 0 Å². The summed E-state index contributed by atoms with van der Waals surface area (Å²) in [6.45, 7) is 2.22. The summed E-state index contributed by atoms with van der Waals surface area (Å²) >= 11 is 5.39. The molecule has 0 aliphatic carbocycles. The normalized spacial score (nSPS) is 11.7. The summed E-state index contributed by atoms with van der Waals surface area (Å²) in [6, 6.07) is 0. The van der Waals surface area contributed by atoms with Crippen LogP contribution in [-0.4, -0.2) is 29.8 Å². The number of fused-ring (bicyclic) bond motifs is 3. The van der Waals surface area contributed by atoms with Gasteiger partial charge in [0.1, 0.15) is 11.5 Å². The summed E-state index contributed by atoms with van der Waals surface area (Å²) in [5.41, 5.74) is 1.57. The van der Waals surface area contributed by atoms with Crippen molar-refractivity contribution in [3.63, 3.8) is 0 Å². The highest BCUT2D eigenvalue weighted by atomic mass is 32.1. The Morgan fingerprint density at radius 1 is 1.20 bits per heavy atom. The lowest BCUT2D eigenvalue weighted by Crippen LogP contribution is -1.98. The second-order valence-electron chi connectivity index (χ2n) is 5.03. The van der Waals surface area contributed by atoms with Crippen LogP contribution in [0.2, 0.25) is 0 Å². The third-order valence-electron chi connectivity index (χ3n) is 3.55. The van der Waals surface area contributed by atoms with Crippen LogP contribution in [0, 0.1) is 4.77 Å². The van der Waals surface area contributed by atoms with Crippen LogP contribution in [0.15, 0.2) is 6.20 Å². The predicted octanol–water partition coefficient (Wildman–Crippen LogP) is 3.18. The van der Waals surface area contributed by atoms with Crippen molar-refractivity contribution >= 4 is 28.9 Å². The van der Waals surface area contributed by atoms with Crippen LogP contribution in [0.1, 0.15) is 44.9 Å². The Bertz CT molecular complexity index is 768. The Kier molecular flexibility index (Phi) is 3.77. The zero-order valence-electron chi connectivity index (χ0n) is 11.5. The van der Waals surface area contributed by atoms with Gasteiger partial charge in [-0.25, -0.2) is 0 Å². The van der Waals surface area contributed by atoms with Gasteiger partial charge in [0.2, 0.25) is 0 Å². The highest BCUT2D eigenvalue weighted by molar-refractivity contribution is 7.71. The Morgan fingerprint density at radius 3 is 2.90 bits per heavy atom. The lowest BCUT2D eigenvalue weighted by molar-refractivity contribution is 0.620. The monoisotopic (exact) mass is 290 g/mol. The lowest BCUT2D eigenvalue weighted by atomic mass is 10.1. The summed E-state index contributed by atoms with van der Waals surface area (Å²) in [7, 11) is 0. The van der Waals surface area contributed by atoms with Crippen molar-refractivity contribution in [2.24, 2.45) is 0 Å². The highest BCUT2D eigenvalue weighted by Gasteiger charge is 2.11. The topological polar surface area (TPSA) is 74.7 Å². The number of unbranched alkanes of at least 4 members (excludes halogenated alkanes) is 4. The number of nitrogens with zero attached hydrogens (tertiary/aromatic N) is 4. The third kappa shape index (κ3) is 2.33. The average molecular weight is 290 g/mol. The van der Waals surface area contributed by atoms with Crippen molar-refractivity contribution in [3.05, 3.63) is 16.8 Å². The molecule has 0 saturated carbocycles. The minimum Gasteiger partial charge on any atom is -0.316 e. The fourth-order valence-corrected chi connectivity index (χ4v) is 2.76. The van der Waals surface area contributed by atoms with E-state index in [1.807, 2.05) is 4.40 Å². The minimum absolute atomic E-state index is 0.616. The van der Waals surface area contributed by atoms with Gasteiger partial charge >= 0.3 is 0 Å². The molecule has 3 heterocycles. The second kappa shape index (κ2) is 5.70. The minimum atomic E-state index is 0.616. The average Bonchev–Trinajstić information content (AvgIpc) is 3.05. The van der Waals surface area contributed by atoms with E-state index < -0.39 is 0 Å². The van der Waals surface area contributed by atoms with Crippen LogP contribution in [0.4, 0.5) is 0 Å². The van der Waals surface area contributed by atoms with Crippen LogP contribution in [-0.2, 0) is 6.42 Å². The van der Waals surface area contributed by atoms with Crippen LogP contribution in [0.25, 0.3) is 16.7 Å². The Labute approximate surface area is 121 Å². The standard InChI is InChI=1S/C13H18N6S/c1-2-3-4-5-6-7-10-16-18-12-9-8-14-17-11(9)15-13(20)19(10)12/h8H,2-7H2,1H3,(H2,14,15,17,20). The summed E-state index contributed by atoms with van der Waals surface area (Å²) in [5, 5.41) is 16.4. The molecule has 20 heavy (non-hydrogen) atoms. The molecule has 3 aromatic rings. The van der Waals surface area contributed by atoms with E-state index in [1.165, 1.54) is 25.7 Å². The first-order chi connectivity index (χ1) is 9.81. The van der Waals surface area contributed by atoms with E-state index in [4.69, 9.17) is 12.2 Å². The smallest absolute Gasteiger partial charge is 0.186 e. The Hall–Kier alpha value is -1.76. The first kappa shape index (κ1) is 13.2. The molecule has 7 heteroatoms. The zero-order chi connectivity index (χ0) is 13.9. The number of hydrogen-bond acceptors (Lipinski definition) is 4. The largest absolute Gasteiger partial charge is 0.316 e. The number of aryl methyl sites for hydroxylation is 1. The van der Waals surface area contributed by atoms with Crippen molar-refractivity contribution in [1.29, 1.82) is 0 Å². The van der Waals surface area contributed by atoms with Gasteiger partial charge in [0.25, 0.3) is 0 Å². The lowest BCUT2D eigenvalue weighted by Gasteiger charge is -2.01. The fraction of sp³-hybridized carbons (Fsp3) is 0.538.